The van der Waals surface area contributed by atoms with E-state index >= 15 is 0 Å². The van der Waals surface area contributed by atoms with E-state index in [1.807, 2.05) is 61.5 Å². The lowest BCUT2D eigenvalue weighted by molar-refractivity contribution is -0.150. The number of ether oxygens (including phenoxy) is 1. The monoisotopic (exact) mass is 417 g/mol. The Bertz CT molecular complexity index is 1160. The molecule has 0 N–H and O–H groups in total. The summed E-state index contributed by atoms with van der Waals surface area (Å²) in [5, 5.41) is 0. The summed E-state index contributed by atoms with van der Waals surface area (Å²) < 4.78 is 17.1. The van der Waals surface area contributed by atoms with Gasteiger partial charge in [0.05, 0.1) is 5.92 Å². The molecule has 3 heterocycles. The molecule has 1 fully saturated rings. The molecule has 7 nitrogen and oxygen atoms in total. The number of anilines is 1. The second kappa shape index (κ2) is 8.26. The molecular formula is C24H23N3O4. The average Bonchev–Trinajstić information content (AvgIpc) is 3.41. The van der Waals surface area contributed by atoms with Crippen molar-refractivity contribution < 1.29 is 18.4 Å². The van der Waals surface area contributed by atoms with Crippen LogP contribution in [0.5, 0.6) is 0 Å². The summed E-state index contributed by atoms with van der Waals surface area (Å²) >= 11 is 0. The van der Waals surface area contributed by atoms with Crippen LogP contribution in [0.15, 0.2) is 63.4 Å². The standard InChI is InChI=1S/C24H23N3O4/c1-16-20(25-22(30-16)17-7-3-2-4-8-17)15-29-23(28)18-11-13-27(14-12-18)24-26-19-9-5-6-10-21(19)31-24/h2-10,18H,11-15H2,1H3. The Kier molecular flexibility index (Phi) is 5.16. The quantitative estimate of drug-likeness (QED) is 0.433. The molecule has 1 saturated heterocycles. The highest BCUT2D eigenvalue weighted by molar-refractivity contribution is 5.75. The predicted molar refractivity (Wildman–Crippen MR) is 115 cm³/mol. The minimum atomic E-state index is -0.194. The Hall–Kier alpha value is -3.61. The third-order valence-electron chi connectivity index (χ3n) is 5.65. The van der Waals surface area contributed by atoms with Crippen molar-refractivity contribution in [1.82, 2.24) is 9.97 Å². The van der Waals surface area contributed by atoms with Crippen molar-refractivity contribution in [3.63, 3.8) is 0 Å². The molecule has 0 saturated carbocycles. The van der Waals surface area contributed by atoms with E-state index in [1.54, 1.807) is 0 Å². The number of benzene rings is 2. The number of hydrogen-bond acceptors (Lipinski definition) is 7. The maximum absolute atomic E-state index is 12.6. The van der Waals surface area contributed by atoms with Crippen molar-refractivity contribution in [2.45, 2.75) is 26.4 Å². The van der Waals surface area contributed by atoms with Crippen molar-refractivity contribution >= 4 is 23.1 Å². The molecule has 158 valence electrons. The summed E-state index contributed by atoms with van der Waals surface area (Å²) in [6.45, 7) is 3.36. The van der Waals surface area contributed by atoms with E-state index in [0.29, 0.717) is 49.3 Å². The lowest BCUT2D eigenvalue weighted by Gasteiger charge is -2.29. The van der Waals surface area contributed by atoms with Gasteiger partial charge in [0.2, 0.25) is 5.89 Å². The number of oxazole rings is 2. The number of nitrogens with zero attached hydrogens (tertiary/aromatic N) is 3. The molecule has 1 aliphatic rings. The zero-order valence-corrected chi connectivity index (χ0v) is 17.3. The summed E-state index contributed by atoms with van der Waals surface area (Å²) in [4.78, 5) is 23.7. The van der Waals surface area contributed by atoms with Crippen molar-refractivity contribution in [2.24, 2.45) is 5.92 Å². The third-order valence-corrected chi connectivity index (χ3v) is 5.65. The molecule has 4 aromatic rings. The van der Waals surface area contributed by atoms with Crippen molar-refractivity contribution in [1.29, 1.82) is 0 Å². The fourth-order valence-electron chi connectivity index (χ4n) is 3.83. The second-order valence-electron chi connectivity index (χ2n) is 7.72. The molecule has 0 atom stereocenters. The minimum absolute atomic E-state index is 0.117. The molecule has 0 radical (unpaired) electrons. The van der Waals surface area contributed by atoms with Crippen LogP contribution in [-0.4, -0.2) is 29.0 Å². The number of aromatic nitrogens is 2. The molecule has 0 aliphatic carbocycles. The highest BCUT2D eigenvalue weighted by atomic mass is 16.5. The van der Waals surface area contributed by atoms with E-state index in [9.17, 15) is 4.79 Å². The first-order valence-electron chi connectivity index (χ1n) is 10.5. The second-order valence-corrected chi connectivity index (χ2v) is 7.72. The smallest absolute Gasteiger partial charge is 0.309 e. The Morgan fingerprint density at radius 2 is 1.77 bits per heavy atom. The van der Waals surface area contributed by atoms with E-state index in [2.05, 4.69) is 14.9 Å². The van der Waals surface area contributed by atoms with Crippen LogP contribution in [0.25, 0.3) is 22.6 Å². The molecular weight excluding hydrogens is 394 g/mol. The zero-order valence-electron chi connectivity index (χ0n) is 17.3. The van der Waals surface area contributed by atoms with Crippen molar-refractivity contribution in [3.05, 3.63) is 66.1 Å². The SMILES string of the molecule is Cc1oc(-c2ccccc2)nc1COC(=O)C1CCN(c2nc3ccccc3o2)CC1. The van der Waals surface area contributed by atoms with Gasteiger partial charge in [0.25, 0.3) is 6.01 Å². The van der Waals surface area contributed by atoms with E-state index in [0.717, 1.165) is 16.7 Å². The van der Waals surface area contributed by atoms with Gasteiger partial charge in [0.1, 0.15) is 23.6 Å². The fraction of sp³-hybridized carbons (Fsp3) is 0.292. The molecule has 0 spiro atoms. The normalized spacial score (nSPS) is 14.8. The Labute approximate surface area is 179 Å². The van der Waals surface area contributed by atoms with Crippen LogP contribution in [0.2, 0.25) is 0 Å². The summed E-state index contributed by atoms with van der Waals surface area (Å²) in [5.74, 6) is 0.871. The van der Waals surface area contributed by atoms with E-state index in [-0.39, 0.29) is 18.5 Å². The van der Waals surface area contributed by atoms with Crippen molar-refractivity contribution in [2.75, 3.05) is 18.0 Å². The topological polar surface area (TPSA) is 81.6 Å². The van der Waals surface area contributed by atoms with Crippen LogP contribution in [0.3, 0.4) is 0 Å². The van der Waals surface area contributed by atoms with Crippen LogP contribution in [0.1, 0.15) is 24.3 Å². The molecule has 5 rings (SSSR count). The number of esters is 1. The predicted octanol–water partition coefficient (Wildman–Crippen LogP) is 4.75. The summed E-state index contributed by atoms with van der Waals surface area (Å²) in [7, 11) is 0. The molecule has 2 aromatic carbocycles. The number of hydrogen-bond donors (Lipinski definition) is 0. The molecule has 7 heteroatoms. The van der Waals surface area contributed by atoms with E-state index in [4.69, 9.17) is 13.6 Å². The van der Waals surface area contributed by atoms with E-state index < -0.39 is 0 Å². The van der Waals surface area contributed by atoms with Crippen molar-refractivity contribution in [3.8, 4) is 11.5 Å². The number of fused-ring (bicyclic) bond motifs is 1. The van der Waals surface area contributed by atoms with Crippen LogP contribution in [0, 0.1) is 12.8 Å². The summed E-state index contributed by atoms with van der Waals surface area (Å²) in [5.41, 5.74) is 3.17. The van der Waals surface area contributed by atoms with Crippen LogP contribution >= 0.6 is 0 Å². The Morgan fingerprint density at radius 3 is 2.55 bits per heavy atom. The van der Waals surface area contributed by atoms with Gasteiger partial charge in [-0.05, 0) is 44.0 Å². The van der Waals surface area contributed by atoms with Crippen LogP contribution in [0.4, 0.5) is 6.01 Å². The number of para-hydroxylation sites is 2. The number of piperidine rings is 1. The lowest BCUT2D eigenvalue weighted by Crippen LogP contribution is -2.37. The number of aryl methyl sites for hydroxylation is 1. The van der Waals surface area contributed by atoms with Gasteiger partial charge < -0.3 is 18.5 Å². The molecule has 31 heavy (non-hydrogen) atoms. The maximum atomic E-state index is 12.6. The van der Waals surface area contributed by atoms with Gasteiger partial charge in [-0.1, -0.05) is 30.3 Å². The largest absolute Gasteiger partial charge is 0.459 e. The van der Waals surface area contributed by atoms with Gasteiger partial charge in [-0.2, -0.15) is 4.98 Å². The average molecular weight is 417 g/mol. The molecule has 2 aromatic heterocycles. The van der Waals surface area contributed by atoms with Gasteiger partial charge >= 0.3 is 5.97 Å². The van der Waals surface area contributed by atoms with E-state index in [1.165, 1.54) is 0 Å². The van der Waals surface area contributed by atoms with Gasteiger partial charge in [0.15, 0.2) is 5.58 Å². The Balaban J connectivity index is 1.16. The first-order valence-corrected chi connectivity index (χ1v) is 10.5. The van der Waals surface area contributed by atoms with Gasteiger partial charge in [0, 0.05) is 18.7 Å². The summed E-state index contributed by atoms with van der Waals surface area (Å²) in [6, 6.07) is 18.0. The highest BCUT2D eigenvalue weighted by Crippen LogP contribution is 2.27. The number of rotatable bonds is 5. The lowest BCUT2D eigenvalue weighted by atomic mass is 9.97. The fourth-order valence-corrected chi connectivity index (χ4v) is 3.83. The minimum Gasteiger partial charge on any atom is -0.459 e. The van der Waals surface area contributed by atoms with Crippen LogP contribution in [-0.2, 0) is 16.1 Å². The number of carbonyl (C=O) groups excluding carboxylic acids is 1. The first-order chi connectivity index (χ1) is 15.2. The zero-order chi connectivity index (χ0) is 21.2. The molecule has 0 unspecified atom stereocenters. The molecule has 0 bridgehead atoms. The first kappa shape index (κ1) is 19.4. The Morgan fingerprint density at radius 1 is 1.03 bits per heavy atom. The van der Waals surface area contributed by atoms with Gasteiger partial charge in [-0.3, -0.25) is 4.79 Å². The number of carbonyl (C=O) groups is 1. The molecule has 1 aliphatic heterocycles. The molecule has 0 amide bonds. The highest BCUT2D eigenvalue weighted by Gasteiger charge is 2.28. The van der Waals surface area contributed by atoms with Crippen LogP contribution < -0.4 is 4.90 Å². The van der Waals surface area contributed by atoms with Gasteiger partial charge in [-0.25, -0.2) is 4.98 Å². The van der Waals surface area contributed by atoms with Gasteiger partial charge in [-0.15, -0.1) is 0 Å². The third kappa shape index (κ3) is 4.03. The summed E-state index contributed by atoms with van der Waals surface area (Å²) in [6.07, 6.45) is 1.40. The maximum Gasteiger partial charge on any atom is 0.309 e.